The van der Waals surface area contributed by atoms with E-state index in [0.29, 0.717) is 18.4 Å². The van der Waals surface area contributed by atoms with E-state index in [0.717, 1.165) is 52.1 Å². The molecule has 1 N–H and O–H groups in total. The summed E-state index contributed by atoms with van der Waals surface area (Å²) in [6.07, 6.45) is 2.63. The minimum absolute atomic E-state index is 0.331. The molecule has 4 nitrogen and oxygen atoms in total. The summed E-state index contributed by atoms with van der Waals surface area (Å²) in [6.45, 7) is 6.12. The van der Waals surface area contributed by atoms with Crippen molar-refractivity contribution in [3.63, 3.8) is 0 Å². The predicted octanol–water partition coefficient (Wildman–Crippen LogP) is 1.13. The van der Waals surface area contributed by atoms with Gasteiger partial charge in [-0.15, -0.1) is 0 Å². The maximum absolute atomic E-state index is 12.2. The molecule has 2 fully saturated rings. The van der Waals surface area contributed by atoms with Crippen LogP contribution in [-0.2, 0) is 11.2 Å². The fourth-order valence-electron chi connectivity index (χ4n) is 3.11. The van der Waals surface area contributed by atoms with Crippen LogP contribution in [0.25, 0.3) is 0 Å². The van der Waals surface area contributed by atoms with Crippen LogP contribution in [0.4, 0.5) is 0 Å². The molecule has 0 aromatic heterocycles. The standard InChI is InChI=1S/C17H25N3O/c21-17(8-4-7-15-5-2-1-3-6-15)20-11-9-19(10-12-20)16-13-18-14-16/h1-3,5-6,16,18H,4,7-14H2. The fourth-order valence-corrected chi connectivity index (χ4v) is 3.11. The van der Waals surface area contributed by atoms with Crippen molar-refractivity contribution in [1.29, 1.82) is 0 Å². The van der Waals surface area contributed by atoms with Crippen LogP contribution in [0.3, 0.4) is 0 Å². The SMILES string of the molecule is O=C(CCCc1ccccc1)N1CCN(C2CNC2)CC1. The van der Waals surface area contributed by atoms with Gasteiger partial charge < -0.3 is 10.2 Å². The third-order valence-electron chi connectivity index (χ3n) is 4.64. The highest BCUT2D eigenvalue weighted by Gasteiger charge is 2.28. The van der Waals surface area contributed by atoms with Gasteiger partial charge in [-0.05, 0) is 18.4 Å². The van der Waals surface area contributed by atoms with Gasteiger partial charge in [0.15, 0.2) is 0 Å². The molecule has 1 aromatic carbocycles. The first-order chi connectivity index (χ1) is 10.3. The van der Waals surface area contributed by atoms with Gasteiger partial charge in [0, 0.05) is 51.7 Å². The maximum atomic E-state index is 12.2. The van der Waals surface area contributed by atoms with Gasteiger partial charge in [-0.3, -0.25) is 9.69 Å². The molecule has 0 aliphatic carbocycles. The lowest BCUT2D eigenvalue weighted by molar-refractivity contribution is -0.133. The van der Waals surface area contributed by atoms with Crippen molar-refractivity contribution >= 4 is 5.91 Å². The van der Waals surface area contributed by atoms with Gasteiger partial charge in [-0.1, -0.05) is 30.3 Å². The lowest BCUT2D eigenvalue weighted by Crippen LogP contribution is -2.62. The smallest absolute Gasteiger partial charge is 0.222 e. The summed E-state index contributed by atoms with van der Waals surface area (Å²) in [4.78, 5) is 16.8. The number of aryl methyl sites for hydroxylation is 1. The Kier molecular flexibility index (Phi) is 4.88. The number of hydrogen-bond donors (Lipinski definition) is 1. The van der Waals surface area contributed by atoms with Gasteiger partial charge in [0.25, 0.3) is 0 Å². The topological polar surface area (TPSA) is 35.6 Å². The Balaban J connectivity index is 1.36. The predicted molar refractivity (Wildman–Crippen MR) is 84.2 cm³/mol. The van der Waals surface area contributed by atoms with Crippen LogP contribution in [0.15, 0.2) is 30.3 Å². The normalized spacial score (nSPS) is 20.3. The highest BCUT2D eigenvalue weighted by Crippen LogP contribution is 2.12. The number of rotatable bonds is 5. The highest BCUT2D eigenvalue weighted by atomic mass is 16.2. The van der Waals surface area contributed by atoms with E-state index in [1.165, 1.54) is 5.56 Å². The van der Waals surface area contributed by atoms with E-state index < -0.39 is 0 Å². The molecule has 0 atom stereocenters. The van der Waals surface area contributed by atoms with E-state index in [-0.39, 0.29) is 0 Å². The van der Waals surface area contributed by atoms with Crippen LogP contribution in [0.1, 0.15) is 18.4 Å². The quantitative estimate of drug-likeness (QED) is 0.882. The molecule has 0 spiro atoms. The first kappa shape index (κ1) is 14.5. The Labute approximate surface area is 127 Å². The van der Waals surface area contributed by atoms with Crippen LogP contribution >= 0.6 is 0 Å². The van der Waals surface area contributed by atoms with Crippen molar-refractivity contribution in [1.82, 2.24) is 15.1 Å². The molecule has 21 heavy (non-hydrogen) atoms. The first-order valence-electron chi connectivity index (χ1n) is 8.09. The van der Waals surface area contributed by atoms with E-state index >= 15 is 0 Å². The van der Waals surface area contributed by atoms with Crippen LogP contribution < -0.4 is 5.32 Å². The third kappa shape index (κ3) is 3.83. The molecule has 4 heteroatoms. The molecule has 0 radical (unpaired) electrons. The average Bonchev–Trinajstić information content (AvgIpc) is 2.47. The molecule has 114 valence electrons. The van der Waals surface area contributed by atoms with Crippen molar-refractivity contribution in [2.24, 2.45) is 0 Å². The second-order valence-electron chi connectivity index (χ2n) is 6.07. The number of nitrogens with one attached hydrogen (secondary N) is 1. The maximum Gasteiger partial charge on any atom is 0.222 e. The summed E-state index contributed by atoms with van der Waals surface area (Å²) in [5.41, 5.74) is 1.33. The van der Waals surface area contributed by atoms with Gasteiger partial charge in [0.2, 0.25) is 5.91 Å². The Morgan fingerprint density at radius 3 is 2.43 bits per heavy atom. The minimum Gasteiger partial charge on any atom is -0.340 e. The first-order valence-corrected chi connectivity index (χ1v) is 8.09. The highest BCUT2D eigenvalue weighted by molar-refractivity contribution is 5.76. The molecule has 2 saturated heterocycles. The zero-order valence-corrected chi connectivity index (χ0v) is 12.6. The Hall–Kier alpha value is -1.39. The van der Waals surface area contributed by atoms with Crippen LogP contribution in [0.2, 0.25) is 0 Å². The van der Waals surface area contributed by atoms with E-state index in [1.54, 1.807) is 0 Å². The lowest BCUT2D eigenvalue weighted by atomic mass is 10.1. The molecule has 2 heterocycles. The minimum atomic E-state index is 0.331. The molecular formula is C17H25N3O. The van der Waals surface area contributed by atoms with Crippen molar-refractivity contribution in [2.75, 3.05) is 39.3 Å². The summed E-state index contributed by atoms with van der Waals surface area (Å²) < 4.78 is 0. The summed E-state index contributed by atoms with van der Waals surface area (Å²) in [5, 5.41) is 3.31. The second-order valence-corrected chi connectivity index (χ2v) is 6.07. The molecule has 1 amide bonds. The Morgan fingerprint density at radius 1 is 1.10 bits per heavy atom. The largest absolute Gasteiger partial charge is 0.340 e. The van der Waals surface area contributed by atoms with Crippen molar-refractivity contribution in [2.45, 2.75) is 25.3 Å². The van der Waals surface area contributed by atoms with Gasteiger partial charge in [0.1, 0.15) is 0 Å². The van der Waals surface area contributed by atoms with Gasteiger partial charge in [-0.25, -0.2) is 0 Å². The van der Waals surface area contributed by atoms with E-state index in [9.17, 15) is 4.79 Å². The molecule has 0 bridgehead atoms. The average molecular weight is 287 g/mol. The Morgan fingerprint density at radius 2 is 1.81 bits per heavy atom. The number of benzene rings is 1. The summed E-state index contributed by atoms with van der Waals surface area (Å²) in [6, 6.07) is 11.1. The number of carbonyl (C=O) groups is 1. The molecule has 0 saturated carbocycles. The van der Waals surface area contributed by atoms with Crippen LogP contribution in [0, 0.1) is 0 Å². The molecule has 2 aliphatic rings. The zero-order valence-electron chi connectivity index (χ0n) is 12.6. The monoisotopic (exact) mass is 287 g/mol. The number of carbonyl (C=O) groups excluding carboxylic acids is 1. The van der Waals surface area contributed by atoms with Crippen molar-refractivity contribution in [3.05, 3.63) is 35.9 Å². The van der Waals surface area contributed by atoms with E-state index in [2.05, 4.69) is 34.5 Å². The number of piperazine rings is 1. The molecule has 1 aromatic rings. The van der Waals surface area contributed by atoms with Crippen LogP contribution in [0.5, 0.6) is 0 Å². The number of hydrogen-bond acceptors (Lipinski definition) is 3. The van der Waals surface area contributed by atoms with Crippen LogP contribution in [-0.4, -0.2) is 61.0 Å². The fraction of sp³-hybridized carbons (Fsp3) is 0.588. The summed E-state index contributed by atoms with van der Waals surface area (Å²) in [5.74, 6) is 0.331. The third-order valence-corrected chi connectivity index (χ3v) is 4.64. The van der Waals surface area contributed by atoms with Gasteiger partial charge >= 0.3 is 0 Å². The van der Waals surface area contributed by atoms with E-state index in [1.807, 2.05) is 11.0 Å². The van der Waals surface area contributed by atoms with E-state index in [4.69, 9.17) is 0 Å². The zero-order chi connectivity index (χ0) is 14.5. The number of nitrogens with zero attached hydrogens (tertiary/aromatic N) is 2. The molecular weight excluding hydrogens is 262 g/mol. The van der Waals surface area contributed by atoms with Crippen molar-refractivity contribution < 1.29 is 4.79 Å². The van der Waals surface area contributed by atoms with Gasteiger partial charge in [-0.2, -0.15) is 0 Å². The summed E-state index contributed by atoms with van der Waals surface area (Å²) >= 11 is 0. The summed E-state index contributed by atoms with van der Waals surface area (Å²) in [7, 11) is 0. The second kappa shape index (κ2) is 7.05. The molecule has 0 unspecified atom stereocenters. The molecule has 3 rings (SSSR count). The lowest BCUT2D eigenvalue weighted by Gasteiger charge is -2.43. The molecule has 2 aliphatic heterocycles. The van der Waals surface area contributed by atoms with Gasteiger partial charge in [0.05, 0.1) is 0 Å². The Bertz CT molecular complexity index is 450. The van der Waals surface area contributed by atoms with Crippen molar-refractivity contribution in [3.8, 4) is 0 Å². The number of amides is 1.